The van der Waals surface area contributed by atoms with E-state index in [4.69, 9.17) is 9.47 Å². The minimum atomic E-state index is -0.460. The van der Waals surface area contributed by atoms with Gasteiger partial charge in [-0.25, -0.2) is 9.97 Å². The number of ether oxygens (including phenoxy) is 2. The predicted octanol–water partition coefficient (Wildman–Crippen LogP) is 0.966. The van der Waals surface area contributed by atoms with Gasteiger partial charge in [-0.1, -0.05) is 0 Å². The molecular formula is C16H19N5O5. The van der Waals surface area contributed by atoms with Crippen LogP contribution in [0, 0.1) is 17.0 Å². The molecule has 10 heteroatoms. The van der Waals surface area contributed by atoms with E-state index < -0.39 is 11.0 Å². The molecule has 0 radical (unpaired) electrons. The first kappa shape index (κ1) is 17.8. The molecule has 1 aliphatic heterocycles. The number of carbonyl (C=O) groups excluding carboxylic acids is 1. The Balaban J connectivity index is 2.35. The van der Waals surface area contributed by atoms with Gasteiger partial charge in [-0.15, -0.1) is 0 Å². The Bertz CT molecular complexity index is 872. The molecule has 2 heterocycles. The van der Waals surface area contributed by atoms with E-state index in [1.165, 1.54) is 20.3 Å². The first-order valence-electron chi connectivity index (χ1n) is 8.01. The van der Waals surface area contributed by atoms with Crippen LogP contribution in [0.4, 0.5) is 5.69 Å². The van der Waals surface area contributed by atoms with E-state index in [1.54, 1.807) is 11.8 Å². The van der Waals surface area contributed by atoms with Crippen LogP contribution in [-0.4, -0.2) is 60.1 Å². The molecule has 0 bridgehead atoms. The Morgan fingerprint density at radius 3 is 2.65 bits per heavy atom. The van der Waals surface area contributed by atoms with Crippen LogP contribution in [0.5, 0.6) is 11.8 Å². The second kappa shape index (κ2) is 7.08. The lowest BCUT2D eigenvalue weighted by Crippen LogP contribution is -2.45. The van der Waals surface area contributed by atoms with Gasteiger partial charge in [-0.05, 0) is 6.92 Å². The Morgan fingerprint density at radius 1 is 1.35 bits per heavy atom. The molecule has 26 heavy (non-hydrogen) atoms. The molecule has 1 amide bonds. The molecule has 1 saturated heterocycles. The normalized spacial score (nSPS) is 17.2. The van der Waals surface area contributed by atoms with Crippen molar-refractivity contribution in [1.82, 2.24) is 20.2 Å². The number of nitro groups is 1. The number of nitro benzene ring substituents is 1. The quantitative estimate of drug-likeness (QED) is 0.475. The summed E-state index contributed by atoms with van der Waals surface area (Å²) in [6.45, 7) is 3.28. The fourth-order valence-corrected chi connectivity index (χ4v) is 3.25. The van der Waals surface area contributed by atoms with Crippen molar-refractivity contribution in [1.29, 1.82) is 0 Å². The van der Waals surface area contributed by atoms with Gasteiger partial charge in [0.25, 0.3) is 17.4 Å². The molecule has 138 valence electrons. The number of piperazine rings is 1. The molecule has 0 aliphatic carbocycles. The van der Waals surface area contributed by atoms with E-state index in [2.05, 4.69) is 15.3 Å². The largest absolute Gasteiger partial charge is 0.477 e. The molecule has 0 spiro atoms. The lowest BCUT2D eigenvalue weighted by molar-refractivity contribution is -0.385. The van der Waals surface area contributed by atoms with Crippen LogP contribution in [0.2, 0.25) is 0 Å². The number of amides is 1. The van der Waals surface area contributed by atoms with Gasteiger partial charge in [-0.3, -0.25) is 14.9 Å². The number of nitrogens with zero attached hydrogens (tertiary/aromatic N) is 4. The second-order valence-electron chi connectivity index (χ2n) is 5.86. The highest BCUT2D eigenvalue weighted by Crippen LogP contribution is 2.37. The van der Waals surface area contributed by atoms with Crippen LogP contribution in [0.15, 0.2) is 6.07 Å². The van der Waals surface area contributed by atoms with E-state index >= 15 is 0 Å². The molecule has 3 rings (SSSR count). The van der Waals surface area contributed by atoms with Gasteiger partial charge in [-0.2, -0.15) is 0 Å². The van der Waals surface area contributed by atoms with E-state index in [9.17, 15) is 14.9 Å². The van der Waals surface area contributed by atoms with Crippen LogP contribution in [0.1, 0.15) is 17.2 Å². The zero-order valence-corrected chi connectivity index (χ0v) is 14.7. The molecule has 1 unspecified atom stereocenters. The summed E-state index contributed by atoms with van der Waals surface area (Å²) in [6, 6.07) is 0.973. The zero-order chi connectivity index (χ0) is 18.8. The summed E-state index contributed by atoms with van der Waals surface area (Å²) in [5.41, 5.74) is 1.72. The maximum atomic E-state index is 11.5. The van der Waals surface area contributed by atoms with Crippen molar-refractivity contribution in [2.45, 2.75) is 13.0 Å². The van der Waals surface area contributed by atoms with Gasteiger partial charge in [0.05, 0.1) is 30.7 Å². The van der Waals surface area contributed by atoms with Crippen LogP contribution in [0.25, 0.3) is 11.0 Å². The van der Waals surface area contributed by atoms with Crippen molar-refractivity contribution in [3.8, 4) is 11.8 Å². The van der Waals surface area contributed by atoms with Crippen LogP contribution in [-0.2, 0) is 4.79 Å². The van der Waals surface area contributed by atoms with Crippen molar-refractivity contribution in [3.05, 3.63) is 27.3 Å². The first-order chi connectivity index (χ1) is 12.5. The van der Waals surface area contributed by atoms with Crippen molar-refractivity contribution in [2.75, 3.05) is 33.9 Å². The number of nitrogens with one attached hydrogen (secondary N) is 1. The number of methoxy groups -OCH3 is 2. The molecule has 1 aliphatic rings. The lowest BCUT2D eigenvalue weighted by Gasteiger charge is -2.34. The van der Waals surface area contributed by atoms with Crippen molar-refractivity contribution in [3.63, 3.8) is 0 Å². The topological polar surface area (TPSA) is 120 Å². The number of hydrogen-bond acceptors (Lipinski definition) is 8. The molecule has 10 nitrogen and oxygen atoms in total. The summed E-state index contributed by atoms with van der Waals surface area (Å²) in [7, 11) is 2.86. The summed E-state index contributed by atoms with van der Waals surface area (Å²) >= 11 is 0. The van der Waals surface area contributed by atoms with E-state index in [0.717, 1.165) is 6.41 Å². The Labute approximate surface area is 149 Å². The molecule has 1 aromatic carbocycles. The smallest absolute Gasteiger partial charge is 0.278 e. The first-order valence-corrected chi connectivity index (χ1v) is 8.01. The van der Waals surface area contributed by atoms with Gasteiger partial charge < -0.3 is 19.7 Å². The van der Waals surface area contributed by atoms with Gasteiger partial charge in [0.15, 0.2) is 0 Å². The fraction of sp³-hybridized carbons (Fsp3) is 0.438. The average Bonchev–Trinajstić information content (AvgIpc) is 2.66. The highest BCUT2D eigenvalue weighted by atomic mass is 16.6. The summed E-state index contributed by atoms with van der Waals surface area (Å²) in [6.07, 6.45) is 0.754. The number of hydrogen-bond donors (Lipinski definition) is 1. The Kier molecular flexibility index (Phi) is 4.85. The number of rotatable bonds is 5. The number of benzene rings is 1. The minimum Gasteiger partial charge on any atom is -0.477 e. The molecular weight excluding hydrogens is 342 g/mol. The molecule has 2 aromatic rings. The van der Waals surface area contributed by atoms with Crippen molar-refractivity contribution >= 4 is 23.1 Å². The lowest BCUT2D eigenvalue weighted by atomic mass is 9.95. The molecule has 1 N–H and O–H groups in total. The molecule has 1 aromatic heterocycles. The van der Waals surface area contributed by atoms with Gasteiger partial charge in [0.1, 0.15) is 5.52 Å². The summed E-state index contributed by atoms with van der Waals surface area (Å²) < 4.78 is 10.4. The third kappa shape index (κ3) is 2.88. The summed E-state index contributed by atoms with van der Waals surface area (Å²) in [4.78, 5) is 33.0. The Hall–Kier alpha value is -3.01. The van der Waals surface area contributed by atoms with E-state index in [0.29, 0.717) is 41.8 Å². The van der Waals surface area contributed by atoms with Gasteiger partial charge in [0.2, 0.25) is 6.41 Å². The Morgan fingerprint density at radius 2 is 2.04 bits per heavy atom. The maximum absolute atomic E-state index is 11.5. The average molecular weight is 361 g/mol. The van der Waals surface area contributed by atoms with Crippen LogP contribution >= 0.6 is 0 Å². The van der Waals surface area contributed by atoms with Gasteiger partial charge in [0, 0.05) is 36.8 Å². The van der Waals surface area contributed by atoms with E-state index in [-0.39, 0.29) is 17.4 Å². The van der Waals surface area contributed by atoms with Crippen molar-refractivity contribution < 1.29 is 19.2 Å². The summed E-state index contributed by atoms with van der Waals surface area (Å²) in [5, 5.41) is 14.7. The number of carbonyl (C=O) groups is 1. The van der Waals surface area contributed by atoms with Crippen LogP contribution in [0.3, 0.4) is 0 Å². The van der Waals surface area contributed by atoms with Crippen LogP contribution < -0.4 is 14.8 Å². The predicted molar refractivity (Wildman–Crippen MR) is 92.4 cm³/mol. The zero-order valence-electron chi connectivity index (χ0n) is 14.7. The monoisotopic (exact) mass is 361 g/mol. The minimum absolute atomic E-state index is 0.0783. The van der Waals surface area contributed by atoms with E-state index in [1.807, 2.05) is 0 Å². The second-order valence-corrected chi connectivity index (χ2v) is 5.86. The third-order valence-corrected chi connectivity index (χ3v) is 4.51. The molecule has 1 atom stereocenters. The summed E-state index contributed by atoms with van der Waals surface area (Å²) in [5.74, 6) is 0.314. The SMILES string of the molecule is COc1nc2cc([N+](=O)[O-])c(C)c(C3CNCCN3C=O)c2nc1OC. The van der Waals surface area contributed by atoms with Crippen molar-refractivity contribution in [2.24, 2.45) is 0 Å². The number of fused-ring (bicyclic) bond motifs is 1. The third-order valence-electron chi connectivity index (χ3n) is 4.51. The highest BCUT2D eigenvalue weighted by molar-refractivity contribution is 5.85. The fourth-order valence-electron chi connectivity index (χ4n) is 3.25. The molecule has 0 saturated carbocycles. The number of aromatic nitrogens is 2. The van der Waals surface area contributed by atoms with Gasteiger partial charge >= 0.3 is 0 Å². The standard InChI is InChI=1S/C16H19N5O5/c1-9-11(21(23)24)6-10-14(19-16(26-3)15(18-10)25-2)13(9)12-7-17-4-5-20(12)8-22/h6,8,12,17H,4-5,7H2,1-3H3. The molecule has 1 fully saturated rings. The maximum Gasteiger partial charge on any atom is 0.278 e. The highest BCUT2D eigenvalue weighted by Gasteiger charge is 2.31.